The van der Waals surface area contributed by atoms with Crippen LogP contribution in [-0.2, 0) is 16.0 Å². The first-order valence-corrected chi connectivity index (χ1v) is 12.4. The lowest BCUT2D eigenvalue weighted by molar-refractivity contribution is -0.125. The van der Waals surface area contributed by atoms with Crippen LogP contribution in [0.5, 0.6) is 11.5 Å². The molecule has 2 aromatic rings. The van der Waals surface area contributed by atoms with Crippen LogP contribution in [0.15, 0.2) is 30.3 Å². The maximum atomic E-state index is 12.4. The molecule has 0 bridgehead atoms. The highest BCUT2D eigenvalue weighted by Crippen LogP contribution is 2.27. The van der Waals surface area contributed by atoms with Crippen LogP contribution in [0.1, 0.15) is 41.5 Å². The standard InChI is InChI=1S/C28H39N3O4/c1-19-12-20(2)28(21(3)13-19)30-26(32)17-29-27(33)18-31-10-8-22(9-11-31)6-7-23-14-24(34-4)16-25(15-23)35-5/h12-16,22H,6-11,17-18H2,1-5H3,(H,29,33)(H,30,32). The molecular formula is C28H39N3O4. The van der Waals surface area contributed by atoms with Crippen molar-refractivity contribution in [3.8, 4) is 11.5 Å². The predicted octanol–water partition coefficient (Wildman–Crippen LogP) is 4.03. The summed E-state index contributed by atoms with van der Waals surface area (Å²) in [6.45, 7) is 8.09. The molecule has 1 saturated heterocycles. The Hall–Kier alpha value is -3.06. The summed E-state index contributed by atoms with van der Waals surface area (Å²) in [5.41, 5.74) is 5.25. The van der Waals surface area contributed by atoms with Gasteiger partial charge in [-0.05, 0) is 94.3 Å². The lowest BCUT2D eigenvalue weighted by atomic mass is 9.90. The summed E-state index contributed by atoms with van der Waals surface area (Å²) in [5, 5.41) is 5.69. The van der Waals surface area contributed by atoms with Gasteiger partial charge < -0.3 is 20.1 Å². The van der Waals surface area contributed by atoms with Gasteiger partial charge in [-0.25, -0.2) is 0 Å². The van der Waals surface area contributed by atoms with Gasteiger partial charge in [-0.2, -0.15) is 0 Å². The molecular weight excluding hydrogens is 442 g/mol. The second kappa shape index (κ2) is 12.6. The molecule has 35 heavy (non-hydrogen) atoms. The molecule has 7 heteroatoms. The molecule has 0 radical (unpaired) electrons. The van der Waals surface area contributed by atoms with E-state index in [1.54, 1.807) is 14.2 Å². The Morgan fingerprint density at radius 1 is 0.914 bits per heavy atom. The van der Waals surface area contributed by atoms with E-state index in [4.69, 9.17) is 9.47 Å². The molecule has 0 atom stereocenters. The topological polar surface area (TPSA) is 79.9 Å². The minimum absolute atomic E-state index is 0.0218. The van der Waals surface area contributed by atoms with Crippen molar-refractivity contribution in [1.29, 1.82) is 0 Å². The quantitative estimate of drug-likeness (QED) is 0.536. The van der Waals surface area contributed by atoms with Gasteiger partial charge in [-0.15, -0.1) is 0 Å². The second-order valence-corrected chi connectivity index (χ2v) is 9.58. The van der Waals surface area contributed by atoms with Gasteiger partial charge in [0.05, 0.1) is 27.3 Å². The van der Waals surface area contributed by atoms with Gasteiger partial charge in [0.2, 0.25) is 11.8 Å². The van der Waals surface area contributed by atoms with Gasteiger partial charge in [0.1, 0.15) is 11.5 Å². The van der Waals surface area contributed by atoms with E-state index in [1.807, 2.05) is 39.0 Å². The number of likely N-dealkylation sites (tertiary alicyclic amines) is 1. The van der Waals surface area contributed by atoms with Crippen LogP contribution in [0.2, 0.25) is 0 Å². The van der Waals surface area contributed by atoms with Crippen LogP contribution < -0.4 is 20.1 Å². The third kappa shape index (κ3) is 7.99. The molecule has 1 aliphatic rings. The molecule has 1 heterocycles. The Morgan fingerprint density at radius 2 is 1.51 bits per heavy atom. The fourth-order valence-corrected chi connectivity index (χ4v) is 4.81. The van der Waals surface area contributed by atoms with Gasteiger partial charge in [0.15, 0.2) is 0 Å². The Kier molecular flexibility index (Phi) is 9.55. The smallest absolute Gasteiger partial charge is 0.243 e. The van der Waals surface area contributed by atoms with E-state index in [0.717, 1.165) is 72.6 Å². The van der Waals surface area contributed by atoms with E-state index in [0.29, 0.717) is 12.5 Å². The normalized spacial score (nSPS) is 14.4. The number of anilines is 1. The van der Waals surface area contributed by atoms with E-state index in [1.165, 1.54) is 5.56 Å². The molecule has 2 N–H and O–H groups in total. The number of benzene rings is 2. The summed E-state index contributed by atoms with van der Waals surface area (Å²) in [4.78, 5) is 26.9. The largest absolute Gasteiger partial charge is 0.497 e. The Balaban J connectivity index is 1.37. The van der Waals surface area contributed by atoms with Crippen LogP contribution in [-0.4, -0.2) is 57.1 Å². The highest BCUT2D eigenvalue weighted by molar-refractivity contribution is 5.96. The van der Waals surface area contributed by atoms with Gasteiger partial charge in [0.25, 0.3) is 0 Å². The van der Waals surface area contributed by atoms with E-state index in [-0.39, 0.29) is 18.4 Å². The minimum atomic E-state index is -0.207. The average Bonchev–Trinajstić information content (AvgIpc) is 2.84. The summed E-state index contributed by atoms with van der Waals surface area (Å²) < 4.78 is 10.7. The van der Waals surface area contributed by atoms with Gasteiger partial charge in [-0.3, -0.25) is 14.5 Å². The Morgan fingerprint density at radius 3 is 2.09 bits per heavy atom. The van der Waals surface area contributed by atoms with Crippen molar-refractivity contribution in [1.82, 2.24) is 10.2 Å². The minimum Gasteiger partial charge on any atom is -0.497 e. The number of piperidine rings is 1. The Bertz CT molecular complexity index is 984. The number of amides is 2. The lowest BCUT2D eigenvalue weighted by Crippen LogP contribution is -2.43. The first kappa shape index (κ1) is 26.5. The number of ether oxygens (including phenoxy) is 2. The summed E-state index contributed by atoms with van der Waals surface area (Å²) in [5.74, 6) is 1.95. The number of rotatable bonds is 10. The predicted molar refractivity (Wildman–Crippen MR) is 139 cm³/mol. The zero-order valence-corrected chi connectivity index (χ0v) is 21.7. The van der Waals surface area contributed by atoms with Crippen molar-refractivity contribution < 1.29 is 19.1 Å². The van der Waals surface area contributed by atoms with Crippen molar-refractivity contribution in [3.63, 3.8) is 0 Å². The number of hydrogen-bond acceptors (Lipinski definition) is 5. The van der Waals surface area contributed by atoms with E-state index < -0.39 is 0 Å². The van der Waals surface area contributed by atoms with Crippen molar-refractivity contribution in [2.45, 2.75) is 46.5 Å². The fourth-order valence-electron chi connectivity index (χ4n) is 4.81. The summed E-state index contributed by atoms with van der Waals surface area (Å²) in [6.07, 6.45) is 4.23. The SMILES string of the molecule is COc1cc(CCC2CCN(CC(=O)NCC(=O)Nc3c(C)cc(C)cc3C)CC2)cc(OC)c1. The van der Waals surface area contributed by atoms with E-state index in [2.05, 4.69) is 27.7 Å². The molecule has 1 aliphatic heterocycles. The molecule has 3 rings (SSSR count). The molecule has 0 aliphatic carbocycles. The summed E-state index contributed by atoms with van der Waals surface area (Å²) in [6, 6.07) is 10.1. The molecule has 0 unspecified atom stereocenters. The van der Waals surface area contributed by atoms with Crippen LogP contribution >= 0.6 is 0 Å². The van der Waals surface area contributed by atoms with Crippen LogP contribution in [0, 0.1) is 26.7 Å². The molecule has 2 amide bonds. The molecule has 7 nitrogen and oxygen atoms in total. The monoisotopic (exact) mass is 481 g/mol. The molecule has 0 saturated carbocycles. The third-order valence-electron chi connectivity index (χ3n) is 6.71. The molecule has 1 fully saturated rings. The molecule has 190 valence electrons. The molecule has 0 spiro atoms. The number of carbonyl (C=O) groups excluding carboxylic acids is 2. The summed E-state index contributed by atoms with van der Waals surface area (Å²) in [7, 11) is 3.34. The second-order valence-electron chi connectivity index (χ2n) is 9.58. The first-order chi connectivity index (χ1) is 16.8. The Labute approximate surface area is 209 Å². The third-order valence-corrected chi connectivity index (χ3v) is 6.71. The number of carbonyl (C=O) groups is 2. The maximum absolute atomic E-state index is 12.4. The van der Waals surface area contributed by atoms with Crippen molar-refractivity contribution in [2.24, 2.45) is 5.92 Å². The van der Waals surface area contributed by atoms with Crippen LogP contribution in [0.25, 0.3) is 0 Å². The highest BCUT2D eigenvalue weighted by atomic mass is 16.5. The van der Waals surface area contributed by atoms with E-state index in [9.17, 15) is 9.59 Å². The van der Waals surface area contributed by atoms with Gasteiger partial charge in [-0.1, -0.05) is 17.7 Å². The van der Waals surface area contributed by atoms with Crippen molar-refractivity contribution in [3.05, 3.63) is 52.6 Å². The number of nitrogens with zero attached hydrogens (tertiary/aromatic N) is 1. The lowest BCUT2D eigenvalue weighted by Gasteiger charge is -2.31. The van der Waals surface area contributed by atoms with E-state index >= 15 is 0 Å². The number of aryl methyl sites for hydroxylation is 4. The molecule has 2 aromatic carbocycles. The fraction of sp³-hybridized carbons (Fsp3) is 0.500. The van der Waals surface area contributed by atoms with Gasteiger partial charge >= 0.3 is 0 Å². The summed E-state index contributed by atoms with van der Waals surface area (Å²) >= 11 is 0. The van der Waals surface area contributed by atoms with Crippen molar-refractivity contribution in [2.75, 3.05) is 45.7 Å². The maximum Gasteiger partial charge on any atom is 0.243 e. The van der Waals surface area contributed by atoms with Crippen LogP contribution in [0.4, 0.5) is 5.69 Å². The zero-order chi connectivity index (χ0) is 25.4. The number of nitrogens with one attached hydrogen (secondary N) is 2. The van der Waals surface area contributed by atoms with Crippen molar-refractivity contribution >= 4 is 17.5 Å². The van der Waals surface area contributed by atoms with Crippen LogP contribution in [0.3, 0.4) is 0 Å². The highest BCUT2D eigenvalue weighted by Gasteiger charge is 2.21. The van der Waals surface area contributed by atoms with Gasteiger partial charge in [0, 0.05) is 11.8 Å². The zero-order valence-electron chi connectivity index (χ0n) is 21.7. The number of hydrogen-bond donors (Lipinski definition) is 2. The first-order valence-electron chi connectivity index (χ1n) is 12.4. The number of methoxy groups -OCH3 is 2. The average molecular weight is 482 g/mol. The molecule has 0 aromatic heterocycles.